The second-order valence-electron chi connectivity index (χ2n) is 7.86. The summed E-state index contributed by atoms with van der Waals surface area (Å²) < 4.78 is 5.84. The quantitative estimate of drug-likeness (QED) is 0.803. The van der Waals surface area contributed by atoms with Gasteiger partial charge in [0.1, 0.15) is 5.75 Å². The van der Waals surface area contributed by atoms with Crippen molar-refractivity contribution in [3.8, 4) is 5.75 Å². The fourth-order valence-corrected chi connectivity index (χ4v) is 3.47. The summed E-state index contributed by atoms with van der Waals surface area (Å²) in [7, 11) is 0. The van der Waals surface area contributed by atoms with Crippen LogP contribution in [0, 0.1) is 12.8 Å². The highest BCUT2D eigenvalue weighted by molar-refractivity contribution is 5.86. The summed E-state index contributed by atoms with van der Waals surface area (Å²) in [5.74, 6) is 0.275. The number of aliphatic hydroxyl groups excluding tert-OH is 1. The molecule has 1 aromatic heterocycles. The lowest BCUT2D eigenvalue weighted by atomic mass is 10.1. The first-order valence-corrected chi connectivity index (χ1v) is 10.1. The lowest BCUT2D eigenvalue weighted by Crippen LogP contribution is -2.44. The van der Waals surface area contributed by atoms with Gasteiger partial charge in [-0.05, 0) is 31.9 Å². The molecule has 1 aliphatic heterocycles. The highest BCUT2D eigenvalue weighted by atomic mass is 16.5. The third-order valence-electron chi connectivity index (χ3n) is 5.23. The van der Waals surface area contributed by atoms with Crippen LogP contribution in [-0.4, -0.2) is 58.6 Å². The fraction of sp³-hybridized carbons (Fsp3) is 0.500. The Balaban J connectivity index is 1.61. The number of rotatable bonds is 5. The van der Waals surface area contributed by atoms with Crippen LogP contribution in [0.2, 0.25) is 0 Å². The largest absolute Gasteiger partial charge is 0.483 e. The lowest BCUT2D eigenvalue weighted by Gasteiger charge is -2.22. The molecule has 2 heterocycles. The summed E-state index contributed by atoms with van der Waals surface area (Å²) in [5.41, 5.74) is 1.66. The number of aliphatic hydroxyl groups is 1. The van der Waals surface area contributed by atoms with Gasteiger partial charge < -0.3 is 20.1 Å². The minimum atomic E-state index is -0.664. The Morgan fingerprint density at radius 1 is 1.28 bits per heavy atom. The van der Waals surface area contributed by atoms with Gasteiger partial charge in [-0.3, -0.25) is 14.6 Å². The van der Waals surface area contributed by atoms with Crippen molar-refractivity contribution in [2.45, 2.75) is 45.8 Å². The third-order valence-corrected chi connectivity index (χ3v) is 5.23. The number of ether oxygens (including phenoxy) is 1. The van der Waals surface area contributed by atoms with E-state index in [4.69, 9.17) is 4.74 Å². The number of amides is 2. The van der Waals surface area contributed by atoms with Crippen molar-refractivity contribution in [2.24, 2.45) is 5.92 Å². The smallest absolute Gasteiger partial charge is 0.260 e. The molecular weight excluding hydrogens is 370 g/mol. The molecule has 29 heavy (non-hydrogen) atoms. The number of nitrogens with zero attached hydrogens (tertiary/aromatic N) is 2. The van der Waals surface area contributed by atoms with Crippen molar-refractivity contribution in [1.29, 1.82) is 0 Å². The molecule has 1 aliphatic rings. The molecule has 156 valence electrons. The van der Waals surface area contributed by atoms with Gasteiger partial charge in [-0.15, -0.1) is 0 Å². The van der Waals surface area contributed by atoms with Gasteiger partial charge in [0, 0.05) is 36.2 Å². The van der Waals surface area contributed by atoms with Gasteiger partial charge in [0.15, 0.2) is 6.61 Å². The Labute approximate surface area is 171 Å². The van der Waals surface area contributed by atoms with Crippen molar-refractivity contribution in [2.75, 3.05) is 19.7 Å². The maximum absolute atomic E-state index is 12.7. The van der Waals surface area contributed by atoms with E-state index >= 15 is 0 Å². The van der Waals surface area contributed by atoms with Crippen molar-refractivity contribution >= 4 is 22.7 Å². The second-order valence-corrected chi connectivity index (χ2v) is 7.86. The van der Waals surface area contributed by atoms with Crippen LogP contribution in [0.3, 0.4) is 0 Å². The SMILES string of the molecule is Cc1cc(OCC(=O)N2CC[C@H](NC(=O)C(C)C)[C@@H](O)CC2)c2ccccc2n1. The number of hydrogen-bond donors (Lipinski definition) is 2. The molecule has 2 aromatic rings. The summed E-state index contributed by atoms with van der Waals surface area (Å²) >= 11 is 0. The van der Waals surface area contributed by atoms with E-state index in [1.165, 1.54) is 0 Å². The highest BCUT2D eigenvalue weighted by Gasteiger charge is 2.28. The van der Waals surface area contributed by atoms with Crippen LogP contribution in [-0.2, 0) is 9.59 Å². The maximum atomic E-state index is 12.7. The molecular formula is C22H29N3O4. The number of aryl methyl sites for hydroxylation is 1. The molecule has 1 saturated heterocycles. The summed E-state index contributed by atoms with van der Waals surface area (Å²) in [6.07, 6.45) is 0.276. The summed E-state index contributed by atoms with van der Waals surface area (Å²) in [6, 6.07) is 9.16. The predicted molar refractivity (Wildman–Crippen MR) is 111 cm³/mol. The van der Waals surface area contributed by atoms with Gasteiger partial charge in [0.05, 0.1) is 17.7 Å². The standard InChI is InChI=1S/C22H29N3O4/c1-14(2)22(28)24-18-8-10-25(11-9-19(18)26)21(27)13-29-20-12-15(3)23-17-7-5-4-6-16(17)20/h4-7,12,14,18-19,26H,8-11,13H2,1-3H3,(H,24,28)/t18-,19-/m0/s1. The number of benzene rings is 1. The van der Waals surface area contributed by atoms with Gasteiger partial charge in [-0.25, -0.2) is 0 Å². The zero-order valence-corrected chi connectivity index (χ0v) is 17.2. The van der Waals surface area contributed by atoms with E-state index in [-0.39, 0.29) is 30.4 Å². The van der Waals surface area contributed by atoms with E-state index in [9.17, 15) is 14.7 Å². The highest BCUT2D eigenvalue weighted by Crippen LogP contribution is 2.25. The summed E-state index contributed by atoms with van der Waals surface area (Å²) in [6.45, 7) is 6.35. The summed E-state index contributed by atoms with van der Waals surface area (Å²) in [5, 5.41) is 14.1. The molecule has 0 saturated carbocycles. The number of carbonyl (C=O) groups is 2. The average Bonchev–Trinajstić information content (AvgIpc) is 2.87. The number of pyridine rings is 1. The van der Waals surface area contributed by atoms with Crippen molar-refractivity contribution < 1.29 is 19.4 Å². The maximum Gasteiger partial charge on any atom is 0.260 e. The Hall–Kier alpha value is -2.67. The van der Waals surface area contributed by atoms with Crippen LogP contribution < -0.4 is 10.1 Å². The van der Waals surface area contributed by atoms with Crippen LogP contribution in [0.5, 0.6) is 5.75 Å². The molecule has 1 fully saturated rings. The normalized spacial score (nSPS) is 19.8. The number of aromatic nitrogens is 1. The number of likely N-dealkylation sites (tertiary alicyclic amines) is 1. The fourth-order valence-electron chi connectivity index (χ4n) is 3.47. The predicted octanol–water partition coefficient (Wildman–Crippen LogP) is 2.05. The molecule has 3 rings (SSSR count). The van der Waals surface area contributed by atoms with E-state index < -0.39 is 6.10 Å². The van der Waals surface area contributed by atoms with E-state index in [0.717, 1.165) is 16.6 Å². The van der Waals surface area contributed by atoms with Gasteiger partial charge in [-0.1, -0.05) is 26.0 Å². The van der Waals surface area contributed by atoms with E-state index in [1.54, 1.807) is 4.90 Å². The third kappa shape index (κ3) is 5.23. The number of para-hydroxylation sites is 1. The van der Waals surface area contributed by atoms with Crippen LogP contribution in [0.15, 0.2) is 30.3 Å². The molecule has 7 nitrogen and oxygen atoms in total. The molecule has 2 atom stereocenters. The van der Waals surface area contributed by atoms with Crippen molar-refractivity contribution in [3.63, 3.8) is 0 Å². The van der Waals surface area contributed by atoms with E-state index in [0.29, 0.717) is 31.7 Å². The van der Waals surface area contributed by atoms with Crippen molar-refractivity contribution in [3.05, 3.63) is 36.0 Å². The molecule has 0 spiro atoms. The molecule has 0 radical (unpaired) electrons. The molecule has 1 aromatic carbocycles. The Kier molecular flexibility index (Phi) is 6.69. The summed E-state index contributed by atoms with van der Waals surface area (Å²) in [4.78, 5) is 30.8. The number of nitrogens with one attached hydrogen (secondary N) is 1. The Morgan fingerprint density at radius 3 is 2.76 bits per heavy atom. The number of hydrogen-bond acceptors (Lipinski definition) is 5. The molecule has 0 unspecified atom stereocenters. The van der Waals surface area contributed by atoms with Crippen LogP contribution in [0.25, 0.3) is 10.9 Å². The zero-order chi connectivity index (χ0) is 21.0. The van der Waals surface area contributed by atoms with Crippen LogP contribution >= 0.6 is 0 Å². The minimum Gasteiger partial charge on any atom is -0.483 e. The molecule has 0 aliphatic carbocycles. The first-order valence-electron chi connectivity index (χ1n) is 10.1. The average molecular weight is 399 g/mol. The van der Waals surface area contributed by atoms with Gasteiger partial charge in [0.25, 0.3) is 5.91 Å². The van der Waals surface area contributed by atoms with E-state index in [2.05, 4.69) is 10.3 Å². The van der Waals surface area contributed by atoms with Gasteiger partial charge >= 0.3 is 0 Å². The molecule has 7 heteroatoms. The van der Waals surface area contributed by atoms with Gasteiger partial charge in [0.2, 0.25) is 5.91 Å². The lowest BCUT2D eigenvalue weighted by molar-refractivity contribution is -0.133. The zero-order valence-electron chi connectivity index (χ0n) is 17.2. The molecule has 0 bridgehead atoms. The van der Waals surface area contributed by atoms with Crippen LogP contribution in [0.1, 0.15) is 32.4 Å². The van der Waals surface area contributed by atoms with Gasteiger partial charge in [-0.2, -0.15) is 0 Å². The van der Waals surface area contributed by atoms with E-state index in [1.807, 2.05) is 51.1 Å². The van der Waals surface area contributed by atoms with Crippen LogP contribution in [0.4, 0.5) is 0 Å². The molecule has 2 N–H and O–H groups in total. The number of carbonyl (C=O) groups excluding carboxylic acids is 2. The monoisotopic (exact) mass is 399 g/mol. The first kappa shape index (κ1) is 21.0. The minimum absolute atomic E-state index is 0.0768. The Bertz CT molecular complexity index is 883. The Morgan fingerprint density at radius 2 is 2.00 bits per heavy atom. The topological polar surface area (TPSA) is 91.8 Å². The first-order chi connectivity index (χ1) is 13.8. The number of fused-ring (bicyclic) bond motifs is 1. The molecule has 2 amide bonds. The van der Waals surface area contributed by atoms with Crippen molar-refractivity contribution in [1.82, 2.24) is 15.2 Å². The second kappa shape index (κ2) is 9.22.